The van der Waals surface area contributed by atoms with Crippen LogP contribution >= 0.6 is 11.3 Å². The van der Waals surface area contributed by atoms with E-state index in [4.69, 9.17) is 0 Å². The number of benzene rings is 2. The maximum atomic E-state index is 12.8. The number of nitrogens with one attached hydrogen (secondary N) is 1. The first kappa shape index (κ1) is 17.7. The molecule has 10 heteroatoms. The van der Waals surface area contributed by atoms with Crippen LogP contribution in [0.1, 0.15) is 27.1 Å². The number of nitro benzene ring substituents is 1. The van der Waals surface area contributed by atoms with Gasteiger partial charge < -0.3 is 5.32 Å². The van der Waals surface area contributed by atoms with Crippen molar-refractivity contribution in [3.8, 4) is 0 Å². The van der Waals surface area contributed by atoms with Crippen molar-refractivity contribution in [3.05, 3.63) is 63.1 Å². The van der Waals surface area contributed by atoms with Crippen LogP contribution in [-0.4, -0.2) is 39.1 Å². The smallest absolute Gasteiger partial charge is 0.277 e. The van der Waals surface area contributed by atoms with E-state index in [-0.39, 0.29) is 46.5 Å². The van der Waals surface area contributed by atoms with Gasteiger partial charge in [0.1, 0.15) is 0 Å². The summed E-state index contributed by atoms with van der Waals surface area (Å²) >= 11 is 1.26. The summed E-state index contributed by atoms with van der Waals surface area (Å²) < 4.78 is 0. The van der Waals surface area contributed by atoms with Gasteiger partial charge in [-0.3, -0.25) is 29.4 Å². The summed E-state index contributed by atoms with van der Waals surface area (Å²) in [6.07, 6.45) is 1.46. The molecule has 1 aliphatic rings. The number of nitro groups is 1. The Morgan fingerprint density at radius 2 is 1.93 bits per heavy atom. The summed E-state index contributed by atoms with van der Waals surface area (Å²) in [5.74, 6) is -1.53. The number of amides is 3. The van der Waals surface area contributed by atoms with E-state index in [0.29, 0.717) is 5.13 Å². The van der Waals surface area contributed by atoms with E-state index in [9.17, 15) is 24.5 Å². The van der Waals surface area contributed by atoms with Gasteiger partial charge in [-0.05, 0) is 18.2 Å². The lowest BCUT2D eigenvalue weighted by Gasteiger charge is -2.26. The average Bonchev–Trinajstić information content (AvgIpc) is 3.18. The Hall–Kier alpha value is -3.66. The van der Waals surface area contributed by atoms with Crippen molar-refractivity contribution in [2.75, 3.05) is 11.9 Å². The lowest BCUT2D eigenvalue weighted by Crippen LogP contribution is -2.41. The summed E-state index contributed by atoms with van der Waals surface area (Å²) in [7, 11) is 0. The van der Waals surface area contributed by atoms with Crippen molar-refractivity contribution in [3.63, 3.8) is 0 Å². The van der Waals surface area contributed by atoms with Crippen LogP contribution in [0.4, 0.5) is 10.8 Å². The van der Waals surface area contributed by atoms with Gasteiger partial charge in [-0.15, -0.1) is 11.3 Å². The number of thiazole rings is 1. The number of hydrogen-bond donors (Lipinski definition) is 1. The first-order valence-electron chi connectivity index (χ1n) is 8.23. The van der Waals surface area contributed by atoms with Gasteiger partial charge in [0.25, 0.3) is 17.5 Å². The summed E-state index contributed by atoms with van der Waals surface area (Å²) in [5.41, 5.74) is 0.240. The highest BCUT2D eigenvalue weighted by Crippen LogP contribution is 2.35. The molecule has 1 N–H and O–H groups in total. The fourth-order valence-corrected chi connectivity index (χ4v) is 3.72. The lowest BCUT2D eigenvalue weighted by atomic mass is 9.93. The number of hydrogen-bond acceptors (Lipinski definition) is 7. The maximum absolute atomic E-state index is 12.8. The van der Waals surface area contributed by atoms with Crippen LogP contribution < -0.4 is 5.32 Å². The molecule has 28 heavy (non-hydrogen) atoms. The van der Waals surface area contributed by atoms with Crippen LogP contribution in [0.25, 0.3) is 10.8 Å². The fourth-order valence-electron chi connectivity index (χ4n) is 3.17. The van der Waals surface area contributed by atoms with Gasteiger partial charge >= 0.3 is 0 Å². The minimum atomic E-state index is -0.578. The molecule has 1 aliphatic heterocycles. The second-order valence-electron chi connectivity index (χ2n) is 6.01. The van der Waals surface area contributed by atoms with E-state index >= 15 is 0 Å². The Labute approximate surface area is 161 Å². The highest BCUT2D eigenvalue weighted by molar-refractivity contribution is 7.13. The molecule has 0 saturated heterocycles. The fraction of sp³-hybridized carbons (Fsp3) is 0.111. The van der Waals surface area contributed by atoms with E-state index in [1.165, 1.54) is 41.7 Å². The molecule has 140 valence electrons. The molecule has 0 radical (unpaired) electrons. The largest absolute Gasteiger partial charge is 0.302 e. The number of imide groups is 1. The van der Waals surface area contributed by atoms with Gasteiger partial charge in [0.2, 0.25) is 5.91 Å². The minimum Gasteiger partial charge on any atom is -0.302 e. The standard InChI is InChI=1S/C18H12N4O5S/c23-14(20-18-19-7-9-28-18)6-8-21-16(24)11-3-1-2-10-13(22(26)27)5-4-12(15(10)11)17(21)25/h1-5,7,9H,6,8H2,(H,19,20,23). The third-order valence-electron chi connectivity index (χ3n) is 4.41. The highest BCUT2D eigenvalue weighted by atomic mass is 32.1. The van der Waals surface area contributed by atoms with E-state index < -0.39 is 16.7 Å². The van der Waals surface area contributed by atoms with Gasteiger partial charge in [0.15, 0.2) is 5.13 Å². The second-order valence-corrected chi connectivity index (χ2v) is 6.91. The van der Waals surface area contributed by atoms with Crippen LogP contribution in [0.5, 0.6) is 0 Å². The molecule has 2 heterocycles. The molecule has 0 spiro atoms. The minimum absolute atomic E-state index is 0.0879. The normalized spacial score (nSPS) is 13.1. The number of non-ortho nitro benzene ring substituents is 1. The Bertz CT molecular complexity index is 1120. The molecule has 0 bridgehead atoms. The second kappa shape index (κ2) is 6.82. The predicted molar refractivity (Wildman–Crippen MR) is 101 cm³/mol. The SMILES string of the molecule is O=C(CCN1C(=O)c2cccc3c([N+](=O)[O-])ccc(c23)C1=O)Nc1nccs1. The zero-order valence-electron chi connectivity index (χ0n) is 14.2. The van der Waals surface area contributed by atoms with E-state index in [1.54, 1.807) is 11.6 Å². The molecule has 3 amide bonds. The molecular weight excluding hydrogens is 384 g/mol. The number of carbonyl (C=O) groups excluding carboxylic acids is 3. The van der Waals surface area contributed by atoms with E-state index in [2.05, 4.69) is 10.3 Å². The monoisotopic (exact) mass is 396 g/mol. The third-order valence-corrected chi connectivity index (χ3v) is 5.10. The molecular formula is C18H12N4O5S. The van der Waals surface area contributed by atoms with Crippen molar-refractivity contribution >= 4 is 50.6 Å². The van der Waals surface area contributed by atoms with Crippen LogP contribution in [0.3, 0.4) is 0 Å². The molecule has 9 nitrogen and oxygen atoms in total. The predicted octanol–water partition coefficient (Wildman–Crippen LogP) is 2.83. The zero-order chi connectivity index (χ0) is 19.8. The molecule has 0 atom stereocenters. The lowest BCUT2D eigenvalue weighted by molar-refractivity contribution is -0.383. The molecule has 0 saturated carbocycles. The maximum Gasteiger partial charge on any atom is 0.277 e. The third kappa shape index (κ3) is 2.89. The van der Waals surface area contributed by atoms with Crippen molar-refractivity contribution in [1.29, 1.82) is 0 Å². The summed E-state index contributed by atoms with van der Waals surface area (Å²) in [5, 5.41) is 16.5. The summed E-state index contributed by atoms with van der Waals surface area (Å²) in [6.45, 7) is -0.109. The van der Waals surface area contributed by atoms with Crippen LogP contribution in [0.2, 0.25) is 0 Å². The summed E-state index contributed by atoms with van der Waals surface area (Å²) in [4.78, 5) is 53.3. The Morgan fingerprint density at radius 1 is 1.18 bits per heavy atom. The van der Waals surface area contributed by atoms with Crippen LogP contribution in [0, 0.1) is 10.1 Å². The number of rotatable bonds is 5. The van der Waals surface area contributed by atoms with Gasteiger partial charge in [-0.25, -0.2) is 4.98 Å². The van der Waals surface area contributed by atoms with Gasteiger partial charge in [-0.1, -0.05) is 6.07 Å². The Balaban J connectivity index is 1.63. The molecule has 0 aliphatic carbocycles. The Kier molecular flexibility index (Phi) is 4.32. The van der Waals surface area contributed by atoms with Gasteiger partial charge in [-0.2, -0.15) is 0 Å². The van der Waals surface area contributed by atoms with Crippen molar-refractivity contribution < 1.29 is 19.3 Å². The number of aromatic nitrogens is 1. The molecule has 0 unspecified atom stereocenters. The quantitative estimate of drug-likeness (QED) is 0.402. The number of nitrogens with zero attached hydrogens (tertiary/aromatic N) is 3. The van der Waals surface area contributed by atoms with E-state index in [1.807, 2.05) is 0 Å². The van der Waals surface area contributed by atoms with Gasteiger partial charge in [0.05, 0.1) is 10.3 Å². The van der Waals surface area contributed by atoms with Crippen molar-refractivity contribution in [1.82, 2.24) is 9.88 Å². The van der Waals surface area contributed by atoms with Crippen LogP contribution in [0.15, 0.2) is 41.9 Å². The average molecular weight is 396 g/mol. The first-order chi connectivity index (χ1) is 13.5. The molecule has 2 aromatic carbocycles. The Morgan fingerprint density at radius 3 is 2.61 bits per heavy atom. The molecule has 1 aromatic heterocycles. The number of carbonyl (C=O) groups is 3. The summed E-state index contributed by atoms with van der Waals surface area (Å²) in [6, 6.07) is 7.17. The molecule has 3 aromatic rings. The zero-order valence-corrected chi connectivity index (χ0v) is 15.1. The first-order valence-corrected chi connectivity index (χ1v) is 9.11. The molecule has 4 rings (SSSR count). The van der Waals surface area contributed by atoms with Crippen LogP contribution in [-0.2, 0) is 4.79 Å². The van der Waals surface area contributed by atoms with E-state index in [0.717, 1.165) is 4.90 Å². The topological polar surface area (TPSA) is 123 Å². The van der Waals surface area contributed by atoms with Crippen molar-refractivity contribution in [2.45, 2.75) is 6.42 Å². The van der Waals surface area contributed by atoms with Gasteiger partial charge in [0, 0.05) is 47.1 Å². The van der Waals surface area contributed by atoms with Crippen molar-refractivity contribution in [2.24, 2.45) is 0 Å². The number of anilines is 1. The highest BCUT2D eigenvalue weighted by Gasteiger charge is 2.34. The molecule has 0 fully saturated rings.